The van der Waals surface area contributed by atoms with Gasteiger partial charge in [-0.25, -0.2) is 4.79 Å². The second kappa shape index (κ2) is 4.09. The summed E-state index contributed by atoms with van der Waals surface area (Å²) < 4.78 is 4.35. The molecule has 0 aliphatic heterocycles. The molecule has 0 unspecified atom stereocenters. The minimum atomic E-state index is -0.349. The lowest BCUT2D eigenvalue weighted by Crippen LogP contribution is -2.03. The Balaban J connectivity index is 3.79. The van der Waals surface area contributed by atoms with Crippen LogP contribution >= 0.6 is 0 Å². The van der Waals surface area contributed by atoms with Crippen molar-refractivity contribution in [1.82, 2.24) is 0 Å². The maximum atomic E-state index is 10.4. The van der Waals surface area contributed by atoms with Gasteiger partial charge in [0.05, 0.1) is 7.11 Å². The van der Waals surface area contributed by atoms with Crippen LogP contribution in [0.2, 0.25) is 0 Å². The predicted octanol–water partition coefficient (Wildman–Crippen LogP) is 0.0644. The number of rotatable bonds is 2. The highest BCUT2D eigenvalue weighted by Crippen LogP contribution is 1.88. The maximum absolute atomic E-state index is 10.4. The van der Waals surface area contributed by atoms with E-state index in [2.05, 4.69) is 4.74 Å². The molecule has 0 bridgehead atoms. The first-order chi connectivity index (χ1) is 4.20. The van der Waals surface area contributed by atoms with Crippen LogP contribution in [0.1, 0.15) is 6.92 Å². The van der Waals surface area contributed by atoms with Gasteiger partial charge < -0.3 is 10.5 Å². The third-order valence-electron chi connectivity index (χ3n) is 0.887. The van der Waals surface area contributed by atoms with E-state index in [0.29, 0.717) is 6.54 Å². The van der Waals surface area contributed by atoms with Gasteiger partial charge >= 0.3 is 5.97 Å². The highest BCUT2D eigenvalue weighted by Gasteiger charge is 1.92. The number of esters is 1. The molecule has 2 N–H and O–H groups in total. The Morgan fingerprint density at radius 1 is 1.78 bits per heavy atom. The molecule has 0 saturated carbocycles. The van der Waals surface area contributed by atoms with Crippen molar-refractivity contribution in [3.63, 3.8) is 0 Å². The first-order valence-electron chi connectivity index (χ1n) is 2.66. The Morgan fingerprint density at radius 3 is 2.67 bits per heavy atom. The summed E-state index contributed by atoms with van der Waals surface area (Å²) in [6, 6.07) is 0. The summed E-state index contributed by atoms with van der Waals surface area (Å²) in [6.45, 7) is 2.17. The van der Waals surface area contributed by atoms with Gasteiger partial charge in [0, 0.05) is 12.6 Å². The third-order valence-corrected chi connectivity index (χ3v) is 0.887. The number of ether oxygens (including phenoxy) is 1. The summed E-state index contributed by atoms with van der Waals surface area (Å²) in [5.74, 6) is -0.349. The highest BCUT2D eigenvalue weighted by atomic mass is 16.5. The standard InChI is InChI=1S/C6H11NO2/c1-5(4-7)3-6(8)9-2/h3H,4,7H2,1-2H3. The molecule has 52 valence electrons. The van der Waals surface area contributed by atoms with Crippen LogP contribution in [0.4, 0.5) is 0 Å². The molecule has 0 aromatic rings. The molecule has 0 aromatic carbocycles. The van der Waals surface area contributed by atoms with Crippen molar-refractivity contribution in [3.8, 4) is 0 Å². The Labute approximate surface area is 54.5 Å². The fourth-order valence-corrected chi connectivity index (χ4v) is 0.319. The van der Waals surface area contributed by atoms with Gasteiger partial charge in [-0.3, -0.25) is 0 Å². The topological polar surface area (TPSA) is 52.3 Å². The number of hydrogen-bond donors (Lipinski definition) is 1. The first-order valence-corrected chi connectivity index (χ1v) is 2.66. The van der Waals surface area contributed by atoms with Crippen LogP contribution in [0.5, 0.6) is 0 Å². The minimum Gasteiger partial charge on any atom is -0.466 e. The average Bonchev–Trinajstić information content (AvgIpc) is 1.87. The molecule has 0 radical (unpaired) electrons. The Morgan fingerprint density at radius 2 is 2.33 bits per heavy atom. The molecule has 0 aliphatic rings. The van der Waals surface area contributed by atoms with Crippen LogP contribution < -0.4 is 5.73 Å². The van der Waals surface area contributed by atoms with Crippen molar-refractivity contribution in [2.24, 2.45) is 5.73 Å². The molecule has 0 rings (SSSR count). The molecule has 9 heavy (non-hydrogen) atoms. The van der Waals surface area contributed by atoms with Gasteiger partial charge in [-0.15, -0.1) is 0 Å². The largest absolute Gasteiger partial charge is 0.466 e. The predicted molar refractivity (Wildman–Crippen MR) is 34.8 cm³/mol. The van der Waals surface area contributed by atoms with E-state index in [1.165, 1.54) is 13.2 Å². The fourth-order valence-electron chi connectivity index (χ4n) is 0.319. The van der Waals surface area contributed by atoms with Crippen LogP contribution in [0.25, 0.3) is 0 Å². The van der Waals surface area contributed by atoms with Crippen molar-refractivity contribution >= 4 is 5.97 Å². The van der Waals surface area contributed by atoms with E-state index >= 15 is 0 Å². The summed E-state index contributed by atoms with van der Waals surface area (Å²) in [4.78, 5) is 10.4. The molecule has 0 atom stereocenters. The van der Waals surface area contributed by atoms with Gasteiger partial charge in [0.1, 0.15) is 0 Å². The van der Waals surface area contributed by atoms with Crippen LogP contribution in [-0.4, -0.2) is 19.6 Å². The zero-order valence-electron chi connectivity index (χ0n) is 5.68. The quantitative estimate of drug-likeness (QED) is 0.424. The van der Waals surface area contributed by atoms with Crippen LogP contribution in [0.3, 0.4) is 0 Å². The van der Waals surface area contributed by atoms with Crippen LogP contribution in [-0.2, 0) is 9.53 Å². The number of nitrogens with two attached hydrogens (primary N) is 1. The van der Waals surface area contributed by atoms with Crippen LogP contribution in [0.15, 0.2) is 11.6 Å². The molecule has 3 heteroatoms. The van der Waals surface area contributed by atoms with E-state index in [4.69, 9.17) is 5.73 Å². The zero-order valence-corrected chi connectivity index (χ0v) is 5.68. The summed E-state index contributed by atoms with van der Waals surface area (Å²) in [6.07, 6.45) is 1.38. The van der Waals surface area contributed by atoms with Gasteiger partial charge in [-0.2, -0.15) is 0 Å². The average molecular weight is 129 g/mol. The normalized spacial score (nSPS) is 11.2. The van der Waals surface area contributed by atoms with Crippen LogP contribution in [0, 0.1) is 0 Å². The van der Waals surface area contributed by atoms with Crippen molar-refractivity contribution < 1.29 is 9.53 Å². The van der Waals surface area contributed by atoms with Crippen molar-refractivity contribution in [3.05, 3.63) is 11.6 Å². The maximum Gasteiger partial charge on any atom is 0.330 e. The molecular formula is C6H11NO2. The summed E-state index contributed by atoms with van der Waals surface area (Å²) >= 11 is 0. The van der Waals surface area contributed by atoms with Gasteiger partial charge in [-0.1, -0.05) is 5.57 Å². The minimum absolute atomic E-state index is 0.349. The fraction of sp³-hybridized carbons (Fsp3) is 0.500. The second-order valence-electron chi connectivity index (χ2n) is 1.72. The zero-order chi connectivity index (χ0) is 7.28. The van der Waals surface area contributed by atoms with E-state index in [0.717, 1.165) is 5.57 Å². The summed E-state index contributed by atoms with van der Waals surface area (Å²) in [5.41, 5.74) is 6.02. The molecule has 0 fully saturated rings. The Bertz CT molecular complexity index is 129. The molecular weight excluding hydrogens is 118 g/mol. The second-order valence-corrected chi connectivity index (χ2v) is 1.72. The highest BCUT2D eigenvalue weighted by molar-refractivity contribution is 5.82. The van der Waals surface area contributed by atoms with Crippen molar-refractivity contribution in [2.45, 2.75) is 6.92 Å². The molecule has 0 amide bonds. The molecule has 0 spiro atoms. The molecule has 3 nitrogen and oxygen atoms in total. The van der Waals surface area contributed by atoms with Gasteiger partial charge in [-0.05, 0) is 6.92 Å². The summed E-state index contributed by atoms with van der Waals surface area (Å²) in [7, 11) is 1.34. The lowest BCUT2D eigenvalue weighted by atomic mass is 10.3. The van der Waals surface area contributed by atoms with Gasteiger partial charge in [0.2, 0.25) is 0 Å². The monoisotopic (exact) mass is 129 g/mol. The molecule has 0 aliphatic carbocycles. The van der Waals surface area contributed by atoms with Gasteiger partial charge in [0.25, 0.3) is 0 Å². The van der Waals surface area contributed by atoms with E-state index in [1.807, 2.05) is 0 Å². The first kappa shape index (κ1) is 8.17. The van der Waals surface area contributed by atoms with Gasteiger partial charge in [0.15, 0.2) is 0 Å². The third kappa shape index (κ3) is 3.73. The molecule has 0 aromatic heterocycles. The van der Waals surface area contributed by atoms with E-state index in [-0.39, 0.29) is 5.97 Å². The Kier molecular flexibility index (Phi) is 3.71. The van der Waals surface area contributed by atoms with Crippen molar-refractivity contribution in [2.75, 3.05) is 13.7 Å². The SMILES string of the molecule is COC(=O)C=C(C)CN. The lowest BCUT2D eigenvalue weighted by Gasteiger charge is -1.92. The number of hydrogen-bond acceptors (Lipinski definition) is 3. The summed E-state index contributed by atoms with van der Waals surface area (Å²) in [5, 5.41) is 0. The molecule has 0 saturated heterocycles. The van der Waals surface area contributed by atoms with E-state index < -0.39 is 0 Å². The molecule has 0 heterocycles. The van der Waals surface area contributed by atoms with E-state index in [9.17, 15) is 4.79 Å². The van der Waals surface area contributed by atoms with Crippen molar-refractivity contribution in [1.29, 1.82) is 0 Å². The number of methoxy groups -OCH3 is 1. The smallest absolute Gasteiger partial charge is 0.330 e. The Hall–Kier alpha value is -0.830. The lowest BCUT2D eigenvalue weighted by molar-refractivity contribution is -0.134. The van der Waals surface area contributed by atoms with E-state index in [1.54, 1.807) is 6.92 Å². The number of carbonyl (C=O) groups is 1. The number of carbonyl (C=O) groups excluding carboxylic acids is 1.